The van der Waals surface area contributed by atoms with E-state index < -0.39 is 11.9 Å². The maximum absolute atomic E-state index is 12.2. The number of halogens is 3. The maximum atomic E-state index is 12.2. The monoisotopic (exact) mass is 231 g/mol. The van der Waals surface area contributed by atoms with Gasteiger partial charge in [0.25, 0.3) is 0 Å². The first-order valence-electron chi connectivity index (χ1n) is 5.23. The second-order valence-corrected chi connectivity index (χ2v) is 3.93. The fourth-order valence-corrected chi connectivity index (χ4v) is 1.84. The Morgan fingerprint density at radius 2 is 1.81 bits per heavy atom. The summed E-state index contributed by atoms with van der Waals surface area (Å²) in [6.45, 7) is 0. The first-order valence-corrected chi connectivity index (χ1v) is 5.23. The summed E-state index contributed by atoms with van der Waals surface area (Å²) in [5.41, 5.74) is -0.954. The zero-order valence-corrected chi connectivity index (χ0v) is 8.59. The van der Waals surface area contributed by atoms with Crippen molar-refractivity contribution in [2.45, 2.75) is 37.9 Å². The van der Waals surface area contributed by atoms with E-state index in [0.29, 0.717) is 11.9 Å². The number of nitrogens with zero attached hydrogens (tertiary/aromatic N) is 2. The van der Waals surface area contributed by atoms with E-state index in [9.17, 15) is 13.2 Å². The standard InChI is InChI=1S/C10H12F3N3/c11-10(12,13)8-5-6-9(16-15-8)14-7-3-1-2-4-7/h5-7H,1-4H2,(H,14,16). The van der Waals surface area contributed by atoms with Crippen LogP contribution in [0.1, 0.15) is 31.4 Å². The Kier molecular flexibility index (Phi) is 2.98. The summed E-state index contributed by atoms with van der Waals surface area (Å²) in [5.74, 6) is 0.417. The molecular formula is C10H12F3N3. The third kappa shape index (κ3) is 2.62. The van der Waals surface area contributed by atoms with Crippen LogP contribution in [0.5, 0.6) is 0 Å². The van der Waals surface area contributed by atoms with E-state index in [4.69, 9.17) is 0 Å². The molecule has 1 saturated carbocycles. The molecule has 6 heteroatoms. The fraction of sp³-hybridized carbons (Fsp3) is 0.600. The van der Waals surface area contributed by atoms with Gasteiger partial charge in [0.05, 0.1) is 0 Å². The molecule has 1 aromatic rings. The molecule has 1 heterocycles. The van der Waals surface area contributed by atoms with Crippen LogP contribution >= 0.6 is 0 Å². The molecule has 0 spiro atoms. The van der Waals surface area contributed by atoms with E-state index in [1.165, 1.54) is 6.07 Å². The zero-order valence-electron chi connectivity index (χ0n) is 8.59. The lowest BCUT2D eigenvalue weighted by Gasteiger charge is -2.12. The van der Waals surface area contributed by atoms with Crippen LogP contribution in [-0.2, 0) is 6.18 Å². The molecule has 0 aliphatic heterocycles. The Balaban J connectivity index is 2.01. The lowest BCUT2D eigenvalue weighted by atomic mass is 10.2. The molecule has 16 heavy (non-hydrogen) atoms. The number of hydrogen-bond acceptors (Lipinski definition) is 3. The number of alkyl halides is 3. The first kappa shape index (κ1) is 11.2. The van der Waals surface area contributed by atoms with E-state index in [2.05, 4.69) is 15.5 Å². The zero-order chi connectivity index (χ0) is 11.6. The first-order chi connectivity index (χ1) is 7.55. The van der Waals surface area contributed by atoms with Crippen LogP contribution in [0.25, 0.3) is 0 Å². The van der Waals surface area contributed by atoms with Crippen molar-refractivity contribution in [3.05, 3.63) is 17.8 Å². The smallest absolute Gasteiger partial charge is 0.366 e. The molecule has 1 aromatic heterocycles. The molecule has 1 aliphatic rings. The van der Waals surface area contributed by atoms with Crippen molar-refractivity contribution in [2.75, 3.05) is 5.32 Å². The van der Waals surface area contributed by atoms with Crippen LogP contribution < -0.4 is 5.32 Å². The van der Waals surface area contributed by atoms with Gasteiger partial charge in [-0.05, 0) is 25.0 Å². The minimum atomic E-state index is -4.42. The van der Waals surface area contributed by atoms with E-state index in [1.54, 1.807) is 0 Å². The SMILES string of the molecule is FC(F)(F)c1ccc(NC2CCCC2)nn1. The molecule has 1 fully saturated rings. The van der Waals surface area contributed by atoms with Gasteiger partial charge in [0.2, 0.25) is 0 Å². The third-order valence-corrected chi connectivity index (χ3v) is 2.66. The lowest BCUT2D eigenvalue weighted by Crippen LogP contribution is -2.17. The van der Waals surface area contributed by atoms with Crippen molar-refractivity contribution in [1.82, 2.24) is 10.2 Å². The van der Waals surface area contributed by atoms with Crippen molar-refractivity contribution in [3.63, 3.8) is 0 Å². The second-order valence-electron chi connectivity index (χ2n) is 3.93. The summed E-state index contributed by atoms with van der Waals surface area (Å²) >= 11 is 0. The molecule has 0 atom stereocenters. The van der Waals surface area contributed by atoms with Crippen LogP contribution in [0.4, 0.5) is 19.0 Å². The maximum Gasteiger partial charge on any atom is 0.435 e. The summed E-state index contributed by atoms with van der Waals surface area (Å²) in [6, 6.07) is 2.60. The summed E-state index contributed by atoms with van der Waals surface area (Å²) in [4.78, 5) is 0. The number of nitrogens with one attached hydrogen (secondary N) is 1. The Bertz CT molecular complexity index is 341. The molecule has 0 bridgehead atoms. The highest BCUT2D eigenvalue weighted by atomic mass is 19.4. The summed E-state index contributed by atoms with van der Waals surface area (Å²) in [7, 11) is 0. The van der Waals surface area contributed by atoms with Gasteiger partial charge in [0.1, 0.15) is 5.82 Å². The predicted molar refractivity (Wildman–Crippen MR) is 52.9 cm³/mol. The van der Waals surface area contributed by atoms with E-state index in [0.717, 1.165) is 31.7 Å². The molecule has 0 saturated heterocycles. The van der Waals surface area contributed by atoms with Gasteiger partial charge in [0.15, 0.2) is 5.69 Å². The quantitative estimate of drug-likeness (QED) is 0.850. The normalized spacial score (nSPS) is 17.7. The molecular weight excluding hydrogens is 219 g/mol. The van der Waals surface area contributed by atoms with E-state index in [-0.39, 0.29) is 0 Å². The molecule has 0 aromatic carbocycles. The minimum absolute atomic E-state index is 0.325. The van der Waals surface area contributed by atoms with Crippen molar-refractivity contribution in [1.29, 1.82) is 0 Å². The van der Waals surface area contributed by atoms with E-state index in [1.807, 2.05) is 0 Å². The molecule has 0 radical (unpaired) electrons. The van der Waals surface area contributed by atoms with Gasteiger partial charge in [0, 0.05) is 6.04 Å². The van der Waals surface area contributed by atoms with E-state index >= 15 is 0 Å². The van der Waals surface area contributed by atoms with Gasteiger partial charge >= 0.3 is 6.18 Å². The van der Waals surface area contributed by atoms with Crippen LogP contribution in [0.2, 0.25) is 0 Å². The molecule has 0 amide bonds. The summed E-state index contributed by atoms with van der Waals surface area (Å²) in [6.07, 6.45) is -0.0121. The van der Waals surface area contributed by atoms with Gasteiger partial charge < -0.3 is 5.32 Å². The average molecular weight is 231 g/mol. The topological polar surface area (TPSA) is 37.8 Å². The number of hydrogen-bond donors (Lipinski definition) is 1. The minimum Gasteiger partial charge on any atom is -0.366 e. The fourth-order valence-electron chi connectivity index (χ4n) is 1.84. The van der Waals surface area contributed by atoms with Crippen molar-refractivity contribution in [2.24, 2.45) is 0 Å². The average Bonchev–Trinajstić information content (AvgIpc) is 2.70. The van der Waals surface area contributed by atoms with Gasteiger partial charge in [-0.3, -0.25) is 0 Å². The number of rotatable bonds is 2. The van der Waals surface area contributed by atoms with Crippen LogP contribution in [0.15, 0.2) is 12.1 Å². The Morgan fingerprint density at radius 1 is 1.12 bits per heavy atom. The Hall–Kier alpha value is -1.33. The van der Waals surface area contributed by atoms with Gasteiger partial charge in [-0.1, -0.05) is 12.8 Å². The van der Waals surface area contributed by atoms with Crippen molar-refractivity contribution < 1.29 is 13.2 Å². The molecule has 88 valence electrons. The van der Waals surface area contributed by atoms with Crippen LogP contribution in [-0.4, -0.2) is 16.2 Å². The second kappa shape index (κ2) is 4.27. The largest absolute Gasteiger partial charge is 0.435 e. The molecule has 2 rings (SSSR count). The van der Waals surface area contributed by atoms with Crippen LogP contribution in [0, 0.1) is 0 Å². The highest BCUT2D eigenvalue weighted by Gasteiger charge is 2.32. The summed E-state index contributed by atoms with van der Waals surface area (Å²) < 4.78 is 36.6. The Morgan fingerprint density at radius 3 is 2.31 bits per heavy atom. The van der Waals surface area contributed by atoms with Gasteiger partial charge in [-0.15, -0.1) is 10.2 Å². The number of anilines is 1. The molecule has 1 aliphatic carbocycles. The number of aromatic nitrogens is 2. The molecule has 0 unspecified atom stereocenters. The highest BCUT2D eigenvalue weighted by molar-refractivity contribution is 5.34. The lowest BCUT2D eigenvalue weighted by molar-refractivity contribution is -0.141. The summed E-state index contributed by atoms with van der Waals surface area (Å²) in [5, 5.41) is 9.76. The van der Waals surface area contributed by atoms with Gasteiger partial charge in [-0.25, -0.2) is 0 Å². The molecule has 3 nitrogen and oxygen atoms in total. The molecule has 1 N–H and O–H groups in total. The van der Waals surface area contributed by atoms with Crippen molar-refractivity contribution in [3.8, 4) is 0 Å². The van der Waals surface area contributed by atoms with Crippen LogP contribution in [0.3, 0.4) is 0 Å². The predicted octanol–water partition coefficient (Wildman–Crippen LogP) is 2.85. The Labute approximate surface area is 91.1 Å². The van der Waals surface area contributed by atoms with Crippen molar-refractivity contribution >= 4 is 5.82 Å². The highest BCUT2D eigenvalue weighted by Crippen LogP contribution is 2.27. The third-order valence-electron chi connectivity index (χ3n) is 2.66. The van der Waals surface area contributed by atoms with Gasteiger partial charge in [-0.2, -0.15) is 13.2 Å².